The number of fused-ring (bicyclic) bond motifs is 1. The Balaban J connectivity index is 1.39. The van der Waals surface area contributed by atoms with Gasteiger partial charge in [-0.25, -0.2) is 4.98 Å². The molecule has 1 aromatic carbocycles. The summed E-state index contributed by atoms with van der Waals surface area (Å²) in [6.07, 6.45) is 2.67. The fourth-order valence-electron chi connectivity index (χ4n) is 3.71. The zero-order valence-electron chi connectivity index (χ0n) is 16.7. The lowest BCUT2D eigenvalue weighted by atomic mass is 10.0. The maximum atomic E-state index is 12.5. The molecule has 1 N–H and O–H groups in total. The fraction of sp³-hybridized carbons (Fsp3) is 0.524. The second-order valence-electron chi connectivity index (χ2n) is 8.05. The monoisotopic (exact) mass is 385 g/mol. The summed E-state index contributed by atoms with van der Waals surface area (Å²) >= 11 is 0. The van der Waals surface area contributed by atoms with Crippen molar-refractivity contribution in [3.63, 3.8) is 0 Å². The van der Waals surface area contributed by atoms with E-state index in [0.717, 1.165) is 18.7 Å². The summed E-state index contributed by atoms with van der Waals surface area (Å²) in [7, 11) is 0. The SMILES string of the molecule is Cc1oc(-c2ccc3c(c2)OCO3)nc1CC(=O)NCC(C)(C)N1CCCC1. The van der Waals surface area contributed by atoms with Crippen LogP contribution in [-0.2, 0) is 11.2 Å². The van der Waals surface area contributed by atoms with Crippen LogP contribution in [0.5, 0.6) is 11.5 Å². The molecule has 0 spiro atoms. The number of nitrogens with zero attached hydrogens (tertiary/aromatic N) is 2. The van der Waals surface area contributed by atoms with Crippen LogP contribution in [0.3, 0.4) is 0 Å². The number of hydrogen-bond acceptors (Lipinski definition) is 6. The van der Waals surface area contributed by atoms with Crippen molar-refractivity contribution >= 4 is 5.91 Å². The Hall–Kier alpha value is -2.54. The summed E-state index contributed by atoms with van der Waals surface area (Å²) in [6, 6.07) is 5.56. The average Bonchev–Trinajstić information content (AvgIpc) is 3.41. The quantitative estimate of drug-likeness (QED) is 0.824. The Morgan fingerprint density at radius 2 is 1.96 bits per heavy atom. The van der Waals surface area contributed by atoms with E-state index in [1.807, 2.05) is 25.1 Å². The van der Waals surface area contributed by atoms with E-state index in [-0.39, 0.29) is 24.7 Å². The van der Waals surface area contributed by atoms with Crippen LogP contribution in [0.25, 0.3) is 11.5 Å². The minimum absolute atomic E-state index is 0.0390. The molecular weight excluding hydrogens is 358 g/mol. The first-order valence-corrected chi connectivity index (χ1v) is 9.80. The van der Waals surface area contributed by atoms with Crippen molar-refractivity contribution in [2.45, 2.75) is 45.6 Å². The van der Waals surface area contributed by atoms with Crippen molar-refractivity contribution in [2.24, 2.45) is 0 Å². The van der Waals surface area contributed by atoms with Crippen molar-refractivity contribution in [3.8, 4) is 23.0 Å². The number of carbonyl (C=O) groups excluding carboxylic acids is 1. The van der Waals surface area contributed by atoms with Gasteiger partial charge in [-0.2, -0.15) is 0 Å². The second kappa shape index (κ2) is 7.47. The number of likely N-dealkylation sites (tertiary alicyclic amines) is 1. The molecule has 7 heteroatoms. The van der Waals surface area contributed by atoms with Gasteiger partial charge in [0.05, 0.1) is 12.1 Å². The number of amides is 1. The standard InChI is InChI=1S/C21H27N3O4/c1-14-16(11-19(25)22-12-21(2,3)24-8-4-5-9-24)23-20(28-14)15-6-7-17-18(10-15)27-13-26-17/h6-7,10H,4-5,8-9,11-13H2,1-3H3,(H,22,25). The maximum Gasteiger partial charge on any atom is 0.231 e. The number of rotatable bonds is 6. The largest absolute Gasteiger partial charge is 0.454 e. The molecule has 150 valence electrons. The molecule has 2 aliphatic heterocycles. The number of aryl methyl sites for hydroxylation is 1. The third kappa shape index (κ3) is 3.85. The van der Waals surface area contributed by atoms with Gasteiger partial charge in [-0.05, 0) is 64.9 Å². The second-order valence-corrected chi connectivity index (χ2v) is 8.05. The van der Waals surface area contributed by atoms with Crippen LogP contribution in [-0.4, -0.2) is 47.8 Å². The highest BCUT2D eigenvalue weighted by Crippen LogP contribution is 2.36. The molecule has 0 unspecified atom stereocenters. The average molecular weight is 385 g/mol. The van der Waals surface area contributed by atoms with Crippen LogP contribution < -0.4 is 14.8 Å². The summed E-state index contributed by atoms with van der Waals surface area (Å²) in [5.41, 5.74) is 1.42. The summed E-state index contributed by atoms with van der Waals surface area (Å²) in [4.78, 5) is 19.4. The van der Waals surface area contributed by atoms with Crippen LogP contribution >= 0.6 is 0 Å². The Bertz CT molecular complexity index is 869. The Morgan fingerprint density at radius 1 is 1.21 bits per heavy atom. The van der Waals surface area contributed by atoms with E-state index in [4.69, 9.17) is 13.9 Å². The summed E-state index contributed by atoms with van der Waals surface area (Å²) in [6.45, 7) is 9.24. The third-order valence-electron chi connectivity index (χ3n) is 5.52. The van der Waals surface area contributed by atoms with Crippen molar-refractivity contribution < 1.29 is 18.7 Å². The minimum atomic E-state index is -0.0408. The molecule has 4 rings (SSSR count). The molecule has 2 aromatic rings. The number of carbonyl (C=O) groups is 1. The minimum Gasteiger partial charge on any atom is -0.454 e. The van der Waals surface area contributed by atoms with Gasteiger partial charge in [0.25, 0.3) is 0 Å². The number of aromatic nitrogens is 1. The molecule has 1 aromatic heterocycles. The lowest BCUT2D eigenvalue weighted by molar-refractivity contribution is -0.121. The van der Waals surface area contributed by atoms with Crippen LogP contribution in [0.1, 0.15) is 38.1 Å². The third-order valence-corrected chi connectivity index (χ3v) is 5.52. The lowest BCUT2D eigenvalue weighted by Gasteiger charge is -2.35. The number of oxazole rings is 1. The summed E-state index contributed by atoms with van der Waals surface area (Å²) in [5.74, 6) is 2.49. The van der Waals surface area contributed by atoms with E-state index in [0.29, 0.717) is 35.4 Å². The van der Waals surface area contributed by atoms with Gasteiger partial charge in [0, 0.05) is 17.6 Å². The van der Waals surface area contributed by atoms with E-state index in [1.165, 1.54) is 12.8 Å². The van der Waals surface area contributed by atoms with Crippen molar-refractivity contribution in [1.82, 2.24) is 15.2 Å². The summed E-state index contributed by atoms with van der Waals surface area (Å²) < 4.78 is 16.5. The Labute approximate surface area is 165 Å². The molecule has 0 bridgehead atoms. The van der Waals surface area contributed by atoms with Crippen LogP contribution in [0.4, 0.5) is 0 Å². The Morgan fingerprint density at radius 3 is 2.75 bits per heavy atom. The molecule has 1 fully saturated rings. The normalized spacial score (nSPS) is 16.5. The molecule has 7 nitrogen and oxygen atoms in total. The topological polar surface area (TPSA) is 76.8 Å². The van der Waals surface area contributed by atoms with Crippen LogP contribution in [0, 0.1) is 6.92 Å². The van der Waals surface area contributed by atoms with E-state index < -0.39 is 0 Å². The van der Waals surface area contributed by atoms with E-state index >= 15 is 0 Å². The van der Waals surface area contributed by atoms with E-state index in [2.05, 4.69) is 29.0 Å². The van der Waals surface area contributed by atoms with Gasteiger partial charge in [-0.15, -0.1) is 0 Å². The number of benzene rings is 1. The molecule has 0 aliphatic carbocycles. The predicted molar refractivity (Wildman–Crippen MR) is 104 cm³/mol. The fourth-order valence-corrected chi connectivity index (χ4v) is 3.71. The molecule has 1 saturated heterocycles. The highest BCUT2D eigenvalue weighted by atomic mass is 16.7. The van der Waals surface area contributed by atoms with Crippen molar-refractivity contribution in [3.05, 3.63) is 29.7 Å². The maximum absolute atomic E-state index is 12.5. The number of hydrogen-bond donors (Lipinski definition) is 1. The van der Waals surface area contributed by atoms with Crippen LogP contribution in [0.2, 0.25) is 0 Å². The highest BCUT2D eigenvalue weighted by Gasteiger charge is 2.29. The highest BCUT2D eigenvalue weighted by molar-refractivity contribution is 5.78. The van der Waals surface area contributed by atoms with Gasteiger partial charge >= 0.3 is 0 Å². The zero-order valence-corrected chi connectivity index (χ0v) is 16.7. The van der Waals surface area contributed by atoms with Gasteiger partial charge in [-0.3, -0.25) is 9.69 Å². The first kappa shape index (κ1) is 18.8. The Kier molecular flexibility index (Phi) is 5.02. The molecule has 28 heavy (non-hydrogen) atoms. The molecule has 1 amide bonds. The zero-order chi connectivity index (χ0) is 19.7. The molecule has 2 aliphatic rings. The molecule has 3 heterocycles. The summed E-state index contributed by atoms with van der Waals surface area (Å²) in [5, 5.41) is 3.06. The van der Waals surface area contributed by atoms with Crippen molar-refractivity contribution in [2.75, 3.05) is 26.4 Å². The smallest absolute Gasteiger partial charge is 0.231 e. The molecule has 0 radical (unpaired) electrons. The van der Waals surface area contributed by atoms with E-state index in [9.17, 15) is 4.79 Å². The van der Waals surface area contributed by atoms with Gasteiger partial charge in [0.1, 0.15) is 5.76 Å². The van der Waals surface area contributed by atoms with E-state index in [1.54, 1.807) is 0 Å². The first-order chi connectivity index (χ1) is 13.4. The molecular formula is C21H27N3O4. The first-order valence-electron chi connectivity index (χ1n) is 9.80. The van der Waals surface area contributed by atoms with Crippen LogP contribution in [0.15, 0.2) is 22.6 Å². The molecule has 0 saturated carbocycles. The van der Waals surface area contributed by atoms with Gasteiger partial charge < -0.3 is 19.2 Å². The number of nitrogens with one attached hydrogen (secondary N) is 1. The number of ether oxygens (including phenoxy) is 2. The predicted octanol–water partition coefficient (Wildman–Crippen LogP) is 2.91. The van der Waals surface area contributed by atoms with Gasteiger partial charge in [0.15, 0.2) is 11.5 Å². The lowest BCUT2D eigenvalue weighted by Crippen LogP contribution is -2.50. The van der Waals surface area contributed by atoms with Gasteiger partial charge in [0.2, 0.25) is 18.6 Å². The molecule has 0 atom stereocenters. The van der Waals surface area contributed by atoms with Crippen molar-refractivity contribution in [1.29, 1.82) is 0 Å². The van der Waals surface area contributed by atoms with Gasteiger partial charge in [-0.1, -0.05) is 0 Å².